The molecule has 3 rings (SSSR count). The van der Waals surface area contributed by atoms with E-state index < -0.39 is 0 Å². The van der Waals surface area contributed by atoms with Gasteiger partial charge in [-0.1, -0.05) is 24.4 Å². The zero-order chi connectivity index (χ0) is 16.9. The number of nitrogens with zero attached hydrogens (tertiary/aromatic N) is 2. The molecule has 1 amide bonds. The Labute approximate surface area is 154 Å². The number of likely N-dealkylation sites (N-methyl/N-ethyl adjacent to an activating group) is 1. The van der Waals surface area contributed by atoms with Crippen LogP contribution in [0, 0.1) is 0 Å². The Hall–Kier alpha value is -0.710. The smallest absolute Gasteiger partial charge is 0.232 e. The highest BCUT2D eigenvalue weighted by Gasteiger charge is 2.35. The third-order valence-electron chi connectivity index (χ3n) is 5.37. The van der Waals surface area contributed by atoms with Crippen LogP contribution in [0.4, 0.5) is 0 Å². The topological polar surface area (TPSA) is 23.6 Å². The van der Waals surface area contributed by atoms with Gasteiger partial charge in [0.15, 0.2) is 0 Å². The molecule has 1 aliphatic heterocycles. The number of halogens is 1. The first kappa shape index (κ1) is 18.1. The maximum absolute atomic E-state index is 12.7. The van der Waals surface area contributed by atoms with E-state index in [0.717, 1.165) is 16.3 Å². The van der Waals surface area contributed by atoms with E-state index in [1.54, 1.807) is 11.8 Å². The largest absolute Gasteiger partial charge is 0.340 e. The van der Waals surface area contributed by atoms with Gasteiger partial charge in [0.1, 0.15) is 0 Å². The van der Waals surface area contributed by atoms with Gasteiger partial charge in [0, 0.05) is 29.0 Å². The Kier molecular flexibility index (Phi) is 6.48. The van der Waals surface area contributed by atoms with Crippen molar-refractivity contribution in [2.45, 2.75) is 55.5 Å². The highest BCUT2D eigenvalue weighted by atomic mass is 35.5. The molecule has 0 aromatic heterocycles. The van der Waals surface area contributed by atoms with E-state index in [9.17, 15) is 4.79 Å². The first-order valence-corrected chi connectivity index (χ1v) is 10.4. The number of benzene rings is 1. The Morgan fingerprint density at radius 3 is 2.54 bits per heavy atom. The SMILES string of the molecule is CN(C(=O)CSc1ccc(Cl)cc1)C1CCCCC1N1CCCC1. The molecule has 2 unspecified atom stereocenters. The molecule has 1 aromatic carbocycles. The van der Waals surface area contributed by atoms with E-state index in [1.165, 1.54) is 45.2 Å². The summed E-state index contributed by atoms with van der Waals surface area (Å²) in [7, 11) is 2.00. The molecule has 2 aliphatic rings. The Morgan fingerprint density at radius 1 is 1.17 bits per heavy atom. The van der Waals surface area contributed by atoms with Crippen LogP contribution in [0.5, 0.6) is 0 Å². The Morgan fingerprint density at radius 2 is 1.83 bits per heavy atom. The van der Waals surface area contributed by atoms with Gasteiger partial charge in [0.25, 0.3) is 0 Å². The zero-order valence-corrected chi connectivity index (χ0v) is 16.0. The first-order valence-electron chi connectivity index (χ1n) is 9.03. The van der Waals surface area contributed by atoms with Crippen molar-refractivity contribution in [2.75, 3.05) is 25.9 Å². The summed E-state index contributed by atoms with van der Waals surface area (Å²) in [5.74, 6) is 0.743. The maximum atomic E-state index is 12.7. The molecule has 3 nitrogen and oxygen atoms in total. The lowest BCUT2D eigenvalue weighted by Crippen LogP contribution is -2.53. The maximum Gasteiger partial charge on any atom is 0.232 e. The van der Waals surface area contributed by atoms with Gasteiger partial charge in [0.05, 0.1) is 5.75 Å². The van der Waals surface area contributed by atoms with Crippen LogP contribution >= 0.6 is 23.4 Å². The highest BCUT2D eigenvalue weighted by molar-refractivity contribution is 8.00. The summed E-state index contributed by atoms with van der Waals surface area (Å²) >= 11 is 7.52. The van der Waals surface area contributed by atoms with Crippen molar-refractivity contribution in [3.8, 4) is 0 Å². The minimum atomic E-state index is 0.242. The van der Waals surface area contributed by atoms with Crippen molar-refractivity contribution in [1.29, 1.82) is 0 Å². The third kappa shape index (κ3) is 4.47. The van der Waals surface area contributed by atoms with Gasteiger partial charge in [0.2, 0.25) is 5.91 Å². The fourth-order valence-corrected chi connectivity index (χ4v) is 4.95. The molecule has 1 heterocycles. The van der Waals surface area contributed by atoms with Crippen molar-refractivity contribution in [1.82, 2.24) is 9.80 Å². The van der Waals surface area contributed by atoms with Gasteiger partial charge < -0.3 is 4.90 Å². The molecule has 1 saturated carbocycles. The number of thioether (sulfide) groups is 1. The lowest BCUT2D eigenvalue weighted by molar-refractivity contribution is -0.131. The van der Waals surface area contributed by atoms with Crippen molar-refractivity contribution in [3.63, 3.8) is 0 Å². The normalized spacial score (nSPS) is 24.9. The fraction of sp³-hybridized carbons (Fsp3) is 0.632. The summed E-state index contributed by atoms with van der Waals surface area (Å²) in [6, 6.07) is 8.67. The quantitative estimate of drug-likeness (QED) is 0.726. The molecule has 0 N–H and O–H groups in total. The van der Waals surface area contributed by atoms with Crippen LogP contribution in [0.25, 0.3) is 0 Å². The second-order valence-electron chi connectivity index (χ2n) is 6.91. The van der Waals surface area contributed by atoms with Gasteiger partial charge in [-0.25, -0.2) is 0 Å². The minimum absolute atomic E-state index is 0.242. The molecule has 0 spiro atoms. The van der Waals surface area contributed by atoms with Gasteiger partial charge in [-0.15, -0.1) is 11.8 Å². The predicted molar refractivity (Wildman–Crippen MR) is 102 cm³/mol. The number of hydrogen-bond donors (Lipinski definition) is 0. The van der Waals surface area contributed by atoms with Gasteiger partial charge in [-0.05, 0) is 63.0 Å². The Balaban J connectivity index is 1.57. The lowest BCUT2D eigenvalue weighted by atomic mass is 9.88. The van der Waals surface area contributed by atoms with Crippen LogP contribution < -0.4 is 0 Å². The number of carbonyl (C=O) groups excluding carboxylic acids is 1. The number of amides is 1. The lowest BCUT2D eigenvalue weighted by Gasteiger charge is -2.42. The highest BCUT2D eigenvalue weighted by Crippen LogP contribution is 2.30. The van der Waals surface area contributed by atoms with E-state index in [0.29, 0.717) is 17.8 Å². The van der Waals surface area contributed by atoms with Crippen LogP contribution in [0.15, 0.2) is 29.2 Å². The summed E-state index contributed by atoms with van der Waals surface area (Å²) in [6.45, 7) is 2.42. The molecule has 0 radical (unpaired) electrons. The second-order valence-corrected chi connectivity index (χ2v) is 8.39. The summed E-state index contributed by atoms with van der Waals surface area (Å²) in [5, 5.41) is 0.735. The van der Waals surface area contributed by atoms with Gasteiger partial charge >= 0.3 is 0 Å². The van der Waals surface area contributed by atoms with Crippen molar-refractivity contribution >= 4 is 29.3 Å². The molecule has 2 atom stereocenters. The monoisotopic (exact) mass is 366 g/mol. The molecular weight excluding hydrogens is 340 g/mol. The Bertz CT molecular complexity index is 545. The van der Waals surface area contributed by atoms with Crippen molar-refractivity contribution in [2.24, 2.45) is 0 Å². The van der Waals surface area contributed by atoms with Crippen LogP contribution in [0.3, 0.4) is 0 Å². The number of likely N-dealkylation sites (tertiary alicyclic amines) is 1. The molecule has 24 heavy (non-hydrogen) atoms. The molecule has 1 aromatic rings. The number of carbonyl (C=O) groups is 1. The first-order chi connectivity index (χ1) is 11.6. The molecule has 5 heteroatoms. The van der Waals surface area contributed by atoms with E-state index in [4.69, 9.17) is 11.6 Å². The molecule has 1 saturated heterocycles. The van der Waals surface area contributed by atoms with Gasteiger partial charge in [-0.2, -0.15) is 0 Å². The molecule has 2 fully saturated rings. The van der Waals surface area contributed by atoms with E-state index in [2.05, 4.69) is 4.90 Å². The molecule has 132 valence electrons. The summed E-state index contributed by atoms with van der Waals surface area (Å²) < 4.78 is 0. The summed E-state index contributed by atoms with van der Waals surface area (Å²) in [4.78, 5) is 18.5. The summed E-state index contributed by atoms with van der Waals surface area (Å²) in [6.07, 6.45) is 7.57. The van der Waals surface area contributed by atoms with Crippen LogP contribution in [0.1, 0.15) is 38.5 Å². The number of rotatable bonds is 5. The summed E-state index contributed by atoms with van der Waals surface area (Å²) in [5.41, 5.74) is 0. The van der Waals surface area contributed by atoms with Crippen molar-refractivity contribution < 1.29 is 4.79 Å². The van der Waals surface area contributed by atoms with Crippen molar-refractivity contribution in [3.05, 3.63) is 29.3 Å². The minimum Gasteiger partial charge on any atom is -0.340 e. The van der Waals surface area contributed by atoms with Crippen LogP contribution in [0.2, 0.25) is 5.02 Å². The second kappa shape index (κ2) is 8.59. The standard InChI is InChI=1S/C19H27ClN2OS/c1-21(19(23)14-24-16-10-8-15(20)9-11-16)17-6-2-3-7-18(17)22-12-4-5-13-22/h8-11,17-18H,2-7,12-14H2,1H3. The number of hydrogen-bond acceptors (Lipinski definition) is 3. The van der Waals surface area contributed by atoms with Crippen LogP contribution in [-0.4, -0.2) is 53.7 Å². The third-order valence-corrected chi connectivity index (χ3v) is 6.62. The zero-order valence-electron chi connectivity index (χ0n) is 14.4. The fourth-order valence-electron chi connectivity index (χ4n) is 4.01. The van der Waals surface area contributed by atoms with E-state index in [-0.39, 0.29) is 5.91 Å². The average Bonchev–Trinajstić information content (AvgIpc) is 3.15. The molecular formula is C19H27ClN2OS. The average molecular weight is 367 g/mol. The molecule has 1 aliphatic carbocycles. The molecule has 0 bridgehead atoms. The predicted octanol–water partition coefficient (Wildman–Crippen LogP) is 4.30. The van der Waals surface area contributed by atoms with E-state index >= 15 is 0 Å². The van der Waals surface area contributed by atoms with E-state index in [1.807, 2.05) is 36.2 Å². The van der Waals surface area contributed by atoms with Gasteiger partial charge in [-0.3, -0.25) is 9.69 Å². The van der Waals surface area contributed by atoms with Crippen LogP contribution in [-0.2, 0) is 4.79 Å².